The Kier molecular flexibility index (Phi) is 4.11. The van der Waals surface area contributed by atoms with Gasteiger partial charge in [0.05, 0.1) is 15.6 Å². The third-order valence-electron chi connectivity index (χ3n) is 3.53. The molecule has 1 fully saturated rings. The van der Waals surface area contributed by atoms with Gasteiger partial charge in [-0.25, -0.2) is 4.68 Å². The third-order valence-corrected chi connectivity index (χ3v) is 5.12. The molecular weight excluding hydrogens is 418 g/mol. The molecule has 1 aliphatic carbocycles. The normalized spacial score (nSPS) is 20.4. The number of hydrogen-bond donors (Lipinski definition) is 0. The number of nitrogens with zero attached hydrogens (tertiary/aromatic N) is 3. The summed E-state index contributed by atoms with van der Waals surface area (Å²) in [7, 11) is 0. The first kappa shape index (κ1) is 16.6. The number of hydrogen-bond acceptors (Lipinski definition) is 2. The predicted octanol–water partition coefficient (Wildman–Crippen LogP) is 5.32. The summed E-state index contributed by atoms with van der Waals surface area (Å²) in [5.74, 6) is 0.158. The van der Waals surface area contributed by atoms with E-state index in [9.17, 15) is 18.4 Å². The van der Waals surface area contributed by atoms with Crippen molar-refractivity contribution in [3.8, 4) is 11.8 Å². The lowest BCUT2D eigenvalue weighted by molar-refractivity contribution is -0.137. The fraction of sp³-hybridized carbons (Fsp3) is 0.286. The molecule has 0 N–H and O–H groups in total. The molecule has 1 aromatic carbocycles. The first-order chi connectivity index (χ1) is 10.7. The highest BCUT2D eigenvalue weighted by atomic mass is 79.9. The topological polar surface area (TPSA) is 41.6 Å². The van der Waals surface area contributed by atoms with Crippen LogP contribution in [0.4, 0.5) is 13.2 Å². The molecule has 120 valence electrons. The molecule has 9 heteroatoms. The highest BCUT2D eigenvalue weighted by molar-refractivity contribution is 9.09. The van der Waals surface area contributed by atoms with Gasteiger partial charge in [-0.1, -0.05) is 39.1 Å². The van der Waals surface area contributed by atoms with Gasteiger partial charge < -0.3 is 0 Å². The van der Waals surface area contributed by atoms with Crippen LogP contribution in [0.3, 0.4) is 0 Å². The van der Waals surface area contributed by atoms with Crippen molar-refractivity contribution in [2.24, 2.45) is 0 Å². The number of benzene rings is 1. The lowest BCUT2D eigenvalue weighted by atomic mass is 10.1. The molecule has 2 atom stereocenters. The minimum Gasteiger partial charge on any atom is -0.236 e. The van der Waals surface area contributed by atoms with E-state index in [0.29, 0.717) is 0 Å². The van der Waals surface area contributed by atoms with Gasteiger partial charge in [-0.15, -0.1) is 0 Å². The van der Waals surface area contributed by atoms with Gasteiger partial charge in [-0.3, -0.25) is 0 Å². The molecule has 1 heterocycles. The number of halogens is 6. The van der Waals surface area contributed by atoms with E-state index >= 15 is 0 Å². The average Bonchev–Trinajstić information content (AvgIpc) is 3.02. The SMILES string of the molecule is N#Cc1nn(-c2c(Cl)cc(C(F)(F)F)cc2Cl)cc1C1CC1Br. The molecule has 1 aromatic heterocycles. The fourth-order valence-corrected chi connectivity index (χ4v) is 3.64. The number of aromatic nitrogens is 2. The van der Waals surface area contributed by atoms with Crippen molar-refractivity contribution in [2.45, 2.75) is 23.3 Å². The van der Waals surface area contributed by atoms with E-state index in [-0.39, 0.29) is 32.2 Å². The van der Waals surface area contributed by atoms with Gasteiger partial charge in [0.2, 0.25) is 0 Å². The molecule has 3 nitrogen and oxygen atoms in total. The van der Waals surface area contributed by atoms with Gasteiger partial charge in [0.1, 0.15) is 11.8 Å². The molecule has 0 radical (unpaired) electrons. The molecule has 0 saturated heterocycles. The summed E-state index contributed by atoms with van der Waals surface area (Å²) in [5.41, 5.74) is 0.119. The summed E-state index contributed by atoms with van der Waals surface area (Å²) in [5, 5.41) is 12.9. The Morgan fingerprint density at radius 3 is 2.30 bits per heavy atom. The quantitative estimate of drug-likeness (QED) is 0.612. The Balaban J connectivity index is 2.09. The molecule has 1 saturated carbocycles. The van der Waals surface area contributed by atoms with Crippen LogP contribution in [0.15, 0.2) is 18.3 Å². The van der Waals surface area contributed by atoms with E-state index < -0.39 is 11.7 Å². The first-order valence-corrected chi connectivity index (χ1v) is 8.10. The van der Waals surface area contributed by atoms with Gasteiger partial charge in [-0.05, 0) is 18.6 Å². The molecule has 2 aromatic rings. The molecule has 0 spiro atoms. The van der Waals surface area contributed by atoms with E-state index in [1.807, 2.05) is 6.07 Å². The maximum Gasteiger partial charge on any atom is 0.416 e. The minimum absolute atomic E-state index is 0.121. The standard InChI is InChI=1S/C14H7BrCl2F3N3/c15-9-3-7(9)8-5-23(22-12(8)4-21)13-10(16)1-6(2-11(13)17)14(18,19)20/h1-2,5,7,9H,3H2. The van der Waals surface area contributed by atoms with E-state index in [2.05, 4.69) is 21.0 Å². The zero-order valence-corrected chi connectivity index (χ0v) is 14.3. The highest BCUT2D eigenvalue weighted by Crippen LogP contribution is 2.48. The summed E-state index contributed by atoms with van der Waals surface area (Å²) in [6, 6.07) is 3.57. The van der Waals surface area contributed by atoms with Crippen LogP contribution in [0, 0.1) is 11.3 Å². The van der Waals surface area contributed by atoms with E-state index in [1.54, 1.807) is 6.20 Å². The molecule has 3 rings (SSSR count). The van der Waals surface area contributed by atoms with Crippen molar-refractivity contribution >= 4 is 39.1 Å². The zero-order valence-electron chi connectivity index (χ0n) is 11.2. The molecular formula is C14H7BrCl2F3N3. The summed E-state index contributed by atoms with van der Waals surface area (Å²) >= 11 is 15.4. The number of nitriles is 1. The highest BCUT2D eigenvalue weighted by Gasteiger charge is 2.39. The van der Waals surface area contributed by atoms with Crippen molar-refractivity contribution in [2.75, 3.05) is 0 Å². The van der Waals surface area contributed by atoms with E-state index in [1.165, 1.54) is 4.68 Å². The second kappa shape index (κ2) is 5.69. The fourth-order valence-electron chi connectivity index (χ4n) is 2.29. The molecule has 1 aliphatic rings. The molecule has 0 aliphatic heterocycles. The summed E-state index contributed by atoms with van der Waals surface area (Å²) in [4.78, 5) is 0.269. The molecule has 23 heavy (non-hydrogen) atoms. The average molecular weight is 425 g/mol. The molecule has 0 bridgehead atoms. The second-order valence-corrected chi connectivity index (χ2v) is 7.12. The van der Waals surface area contributed by atoms with Gasteiger partial charge >= 0.3 is 6.18 Å². The van der Waals surface area contributed by atoms with Gasteiger partial charge in [0, 0.05) is 22.5 Å². The maximum atomic E-state index is 12.8. The monoisotopic (exact) mass is 423 g/mol. The smallest absolute Gasteiger partial charge is 0.236 e. The Morgan fingerprint density at radius 1 is 1.30 bits per heavy atom. The number of alkyl halides is 4. The van der Waals surface area contributed by atoms with Gasteiger partial charge in [-0.2, -0.15) is 23.5 Å². The Morgan fingerprint density at radius 2 is 1.87 bits per heavy atom. The summed E-state index contributed by atoms with van der Waals surface area (Å²) in [6.07, 6.45) is -2.09. The van der Waals surface area contributed by atoms with Crippen LogP contribution in [-0.4, -0.2) is 14.6 Å². The van der Waals surface area contributed by atoms with Crippen LogP contribution in [0.25, 0.3) is 5.69 Å². The van der Waals surface area contributed by atoms with Crippen LogP contribution in [-0.2, 0) is 6.18 Å². The van der Waals surface area contributed by atoms with E-state index in [4.69, 9.17) is 23.2 Å². The van der Waals surface area contributed by atoms with Crippen LogP contribution >= 0.6 is 39.1 Å². The molecule has 2 unspecified atom stereocenters. The Labute approximate surface area is 147 Å². The maximum absolute atomic E-state index is 12.8. The van der Waals surface area contributed by atoms with Crippen molar-refractivity contribution in [1.29, 1.82) is 5.26 Å². The first-order valence-electron chi connectivity index (χ1n) is 6.42. The van der Waals surface area contributed by atoms with Crippen LogP contribution in [0.1, 0.15) is 29.2 Å². The lowest BCUT2D eigenvalue weighted by Crippen LogP contribution is -2.07. The Hall–Kier alpha value is -1.23. The predicted molar refractivity (Wildman–Crippen MR) is 83.4 cm³/mol. The van der Waals surface area contributed by atoms with Crippen LogP contribution in [0.2, 0.25) is 10.0 Å². The lowest BCUT2D eigenvalue weighted by Gasteiger charge is -2.12. The Bertz CT molecular complexity index is 803. The zero-order chi connectivity index (χ0) is 16.9. The van der Waals surface area contributed by atoms with Crippen molar-refractivity contribution in [1.82, 2.24) is 9.78 Å². The van der Waals surface area contributed by atoms with Crippen LogP contribution < -0.4 is 0 Å². The number of rotatable bonds is 2. The van der Waals surface area contributed by atoms with Crippen LogP contribution in [0.5, 0.6) is 0 Å². The second-order valence-electron chi connectivity index (χ2n) is 5.13. The summed E-state index contributed by atoms with van der Waals surface area (Å²) in [6.45, 7) is 0. The van der Waals surface area contributed by atoms with E-state index in [0.717, 1.165) is 24.1 Å². The minimum atomic E-state index is -4.55. The third kappa shape index (κ3) is 3.08. The largest absolute Gasteiger partial charge is 0.416 e. The van der Waals surface area contributed by atoms with Crippen molar-refractivity contribution in [3.05, 3.63) is 45.2 Å². The summed E-state index contributed by atoms with van der Waals surface area (Å²) < 4.78 is 39.6. The van der Waals surface area contributed by atoms with Gasteiger partial charge in [0.15, 0.2) is 5.69 Å². The van der Waals surface area contributed by atoms with Gasteiger partial charge in [0.25, 0.3) is 0 Å². The molecule has 0 amide bonds. The van der Waals surface area contributed by atoms with Crippen molar-refractivity contribution in [3.63, 3.8) is 0 Å². The van der Waals surface area contributed by atoms with Crippen molar-refractivity contribution < 1.29 is 13.2 Å².